The van der Waals surface area contributed by atoms with E-state index >= 15 is 0 Å². The van der Waals surface area contributed by atoms with Gasteiger partial charge in [-0.1, -0.05) is 25.7 Å². The Morgan fingerprint density at radius 2 is 1.88 bits per heavy atom. The van der Waals surface area contributed by atoms with Crippen LogP contribution in [0.25, 0.3) is 10.9 Å². The Bertz CT molecular complexity index is 795. The van der Waals surface area contributed by atoms with Gasteiger partial charge in [-0.25, -0.2) is 4.39 Å². The minimum absolute atomic E-state index is 0.271. The Balaban J connectivity index is 1.59. The first-order chi connectivity index (χ1) is 12.1. The molecule has 0 radical (unpaired) electrons. The Labute approximate surface area is 146 Å². The second-order valence-electron chi connectivity index (χ2n) is 6.64. The van der Waals surface area contributed by atoms with Gasteiger partial charge in [0, 0.05) is 30.6 Å². The Morgan fingerprint density at radius 1 is 1.12 bits per heavy atom. The van der Waals surface area contributed by atoms with Gasteiger partial charge in [-0.15, -0.1) is 0 Å². The van der Waals surface area contributed by atoms with Crippen LogP contribution in [0, 0.1) is 5.82 Å². The molecule has 1 aliphatic rings. The molecule has 6 heteroatoms. The largest absolute Gasteiger partial charge is 0.351 e. The van der Waals surface area contributed by atoms with E-state index < -0.39 is 11.4 Å². The second-order valence-corrected chi connectivity index (χ2v) is 6.64. The molecule has 134 valence electrons. The molecule has 25 heavy (non-hydrogen) atoms. The van der Waals surface area contributed by atoms with Gasteiger partial charge in [0.05, 0.1) is 11.1 Å². The van der Waals surface area contributed by atoms with E-state index in [2.05, 4.69) is 15.6 Å². The number of hydrogen-bond donors (Lipinski definition) is 3. The molecule has 1 aliphatic carbocycles. The molecule has 0 saturated heterocycles. The summed E-state index contributed by atoms with van der Waals surface area (Å²) in [6.45, 7) is 1.19. The average Bonchev–Trinajstić information content (AvgIpc) is 2.86. The summed E-state index contributed by atoms with van der Waals surface area (Å²) < 4.78 is 13.3. The minimum atomic E-state index is -0.451. The summed E-state index contributed by atoms with van der Waals surface area (Å²) in [4.78, 5) is 26.7. The van der Waals surface area contributed by atoms with Crippen LogP contribution in [-0.4, -0.2) is 30.0 Å². The number of H-pyrrole nitrogens is 1. The maximum Gasteiger partial charge on any atom is 0.252 e. The van der Waals surface area contributed by atoms with Crippen molar-refractivity contribution < 1.29 is 9.18 Å². The number of pyridine rings is 1. The lowest BCUT2D eigenvalue weighted by molar-refractivity contribution is 0.0955. The summed E-state index contributed by atoms with van der Waals surface area (Å²) in [5.74, 6) is -0.765. The molecule has 1 aromatic heterocycles. The molecule has 1 saturated carbocycles. The average molecular weight is 345 g/mol. The highest BCUT2D eigenvalue weighted by Crippen LogP contribution is 2.17. The lowest BCUT2D eigenvalue weighted by Crippen LogP contribution is -2.37. The van der Waals surface area contributed by atoms with Gasteiger partial charge in [0.1, 0.15) is 5.82 Å². The third kappa shape index (κ3) is 4.66. The van der Waals surface area contributed by atoms with Crippen LogP contribution in [0.1, 0.15) is 48.9 Å². The maximum absolute atomic E-state index is 13.3. The monoisotopic (exact) mass is 345 g/mol. The number of carbonyl (C=O) groups is 1. The zero-order chi connectivity index (χ0) is 17.6. The molecule has 2 aromatic rings. The van der Waals surface area contributed by atoms with E-state index in [1.54, 1.807) is 0 Å². The number of halogens is 1. The van der Waals surface area contributed by atoms with Crippen LogP contribution in [0.5, 0.6) is 0 Å². The van der Waals surface area contributed by atoms with Crippen LogP contribution < -0.4 is 16.2 Å². The van der Waals surface area contributed by atoms with Crippen molar-refractivity contribution >= 4 is 16.8 Å². The van der Waals surface area contributed by atoms with Gasteiger partial charge in [-0.2, -0.15) is 0 Å². The van der Waals surface area contributed by atoms with Gasteiger partial charge in [0.15, 0.2) is 0 Å². The molecule has 0 unspecified atom stereocenters. The first kappa shape index (κ1) is 17.6. The van der Waals surface area contributed by atoms with Crippen LogP contribution in [0.4, 0.5) is 4.39 Å². The molecule has 1 amide bonds. The number of rotatable bonds is 5. The molecule has 1 aromatic carbocycles. The lowest BCUT2D eigenvalue weighted by atomic mass is 10.1. The molecule has 3 N–H and O–H groups in total. The summed E-state index contributed by atoms with van der Waals surface area (Å²) in [5, 5.41) is 6.87. The van der Waals surface area contributed by atoms with Crippen LogP contribution in [-0.2, 0) is 0 Å². The number of nitrogens with one attached hydrogen (secondary N) is 3. The van der Waals surface area contributed by atoms with E-state index in [0.717, 1.165) is 0 Å². The third-order valence-electron chi connectivity index (χ3n) is 4.75. The van der Waals surface area contributed by atoms with Gasteiger partial charge in [-0.05, 0) is 31.0 Å². The summed E-state index contributed by atoms with van der Waals surface area (Å²) in [6.07, 6.45) is 7.53. The Hall–Kier alpha value is -2.21. The molecule has 3 rings (SSSR count). The topological polar surface area (TPSA) is 74.0 Å². The van der Waals surface area contributed by atoms with E-state index in [9.17, 15) is 14.0 Å². The third-order valence-corrected chi connectivity index (χ3v) is 4.75. The van der Waals surface area contributed by atoms with Crippen molar-refractivity contribution in [1.82, 2.24) is 15.6 Å². The zero-order valence-electron chi connectivity index (χ0n) is 14.2. The molecule has 1 fully saturated rings. The first-order valence-corrected chi connectivity index (χ1v) is 8.97. The van der Waals surface area contributed by atoms with Crippen molar-refractivity contribution in [1.29, 1.82) is 0 Å². The van der Waals surface area contributed by atoms with E-state index in [1.807, 2.05) is 0 Å². The first-order valence-electron chi connectivity index (χ1n) is 8.97. The molecule has 0 atom stereocenters. The fourth-order valence-electron chi connectivity index (χ4n) is 3.45. The Morgan fingerprint density at radius 3 is 2.64 bits per heavy atom. The highest BCUT2D eigenvalue weighted by Gasteiger charge is 2.13. The predicted octanol–water partition coefficient (Wildman–Crippen LogP) is 2.71. The minimum Gasteiger partial charge on any atom is -0.351 e. The number of amides is 1. The molecular formula is C19H24FN3O2. The molecule has 0 spiro atoms. The molecule has 5 nitrogen and oxygen atoms in total. The number of aromatic amines is 1. The van der Waals surface area contributed by atoms with Crippen LogP contribution in [0.15, 0.2) is 29.1 Å². The molecule has 0 aliphatic heterocycles. The summed E-state index contributed by atoms with van der Waals surface area (Å²) in [7, 11) is 0. The van der Waals surface area contributed by atoms with E-state index in [0.29, 0.717) is 30.0 Å². The van der Waals surface area contributed by atoms with Crippen molar-refractivity contribution in [3.05, 3.63) is 46.0 Å². The quantitative estimate of drug-likeness (QED) is 0.576. The van der Waals surface area contributed by atoms with E-state index in [4.69, 9.17) is 0 Å². The van der Waals surface area contributed by atoms with Crippen molar-refractivity contribution in [3.8, 4) is 0 Å². The number of aromatic nitrogens is 1. The van der Waals surface area contributed by atoms with Crippen molar-refractivity contribution in [3.63, 3.8) is 0 Å². The van der Waals surface area contributed by atoms with Crippen molar-refractivity contribution in [2.45, 2.75) is 44.6 Å². The summed E-state index contributed by atoms with van der Waals surface area (Å²) >= 11 is 0. The zero-order valence-corrected chi connectivity index (χ0v) is 14.2. The summed E-state index contributed by atoms with van der Waals surface area (Å²) in [6, 6.07) is 5.81. The normalized spacial score (nSPS) is 15.9. The highest BCUT2D eigenvalue weighted by atomic mass is 19.1. The van der Waals surface area contributed by atoms with Crippen molar-refractivity contribution in [2.75, 3.05) is 13.1 Å². The fourth-order valence-corrected chi connectivity index (χ4v) is 3.45. The van der Waals surface area contributed by atoms with Gasteiger partial charge in [0.25, 0.3) is 5.91 Å². The highest BCUT2D eigenvalue weighted by molar-refractivity contribution is 6.05. The molecular weight excluding hydrogens is 321 g/mol. The lowest BCUT2D eigenvalue weighted by Gasteiger charge is -2.16. The number of hydrogen-bond acceptors (Lipinski definition) is 3. The predicted molar refractivity (Wildman–Crippen MR) is 96.4 cm³/mol. The SMILES string of the molecule is O=C(NCCNC1CCCCCC1)c1cc(=O)[nH]c2cc(F)ccc12. The van der Waals surface area contributed by atoms with Gasteiger partial charge in [0.2, 0.25) is 5.56 Å². The number of carbonyl (C=O) groups excluding carboxylic acids is 1. The van der Waals surface area contributed by atoms with Crippen LogP contribution in [0.2, 0.25) is 0 Å². The fraction of sp³-hybridized carbons (Fsp3) is 0.474. The number of fused-ring (bicyclic) bond motifs is 1. The smallest absolute Gasteiger partial charge is 0.252 e. The molecule has 0 bridgehead atoms. The van der Waals surface area contributed by atoms with Crippen LogP contribution in [0.3, 0.4) is 0 Å². The van der Waals surface area contributed by atoms with Crippen molar-refractivity contribution in [2.24, 2.45) is 0 Å². The van der Waals surface area contributed by atoms with Gasteiger partial charge < -0.3 is 15.6 Å². The second kappa shape index (κ2) is 8.25. The maximum atomic E-state index is 13.3. The van der Waals surface area contributed by atoms with E-state index in [-0.39, 0.29) is 11.5 Å². The number of benzene rings is 1. The Kier molecular flexibility index (Phi) is 5.81. The summed E-state index contributed by atoms with van der Waals surface area (Å²) in [5.41, 5.74) is 0.183. The molecule has 1 heterocycles. The standard InChI is InChI=1S/C19H24FN3O2/c20-13-7-8-15-16(12-18(24)23-17(15)11-13)19(25)22-10-9-21-14-5-3-1-2-4-6-14/h7-8,11-12,14,21H,1-6,9-10H2,(H,22,25)(H,23,24). The van der Waals surface area contributed by atoms with Crippen LogP contribution >= 0.6 is 0 Å². The van der Waals surface area contributed by atoms with Gasteiger partial charge in [-0.3, -0.25) is 9.59 Å². The van der Waals surface area contributed by atoms with E-state index in [1.165, 1.54) is 62.8 Å². The van der Waals surface area contributed by atoms with Gasteiger partial charge >= 0.3 is 0 Å².